The van der Waals surface area contributed by atoms with Crippen molar-refractivity contribution in [1.29, 1.82) is 0 Å². The summed E-state index contributed by atoms with van der Waals surface area (Å²) >= 11 is 0. The van der Waals surface area contributed by atoms with Gasteiger partial charge in [0.1, 0.15) is 0 Å². The van der Waals surface area contributed by atoms with Crippen molar-refractivity contribution in [3.63, 3.8) is 0 Å². The largest absolute Gasteiger partial charge is 0.462 e. The fourth-order valence-electron chi connectivity index (χ4n) is 3.28. The van der Waals surface area contributed by atoms with E-state index >= 15 is 0 Å². The molecular formula is C23H37NO2. The first-order valence-corrected chi connectivity index (χ1v) is 10.4. The molecule has 1 aromatic heterocycles. The molecule has 0 fully saturated rings. The van der Waals surface area contributed by atoms with Gasteiger partial charge in [-0.3, -0.25) is 4.98 Å². The van der Waals surface area contributed by atoms with Gasteiger partial charge in [-0.15, -0.1) is 0 Å². The van der Waals surface area contributed by atoms with E-state index in [0.717, 1.165) is 24.5 Å². The molecule has 0 aliphatic rings. The minimum absolute atomic E-state index is 0.362. The first kappa shape index (κ1) is 22.4. The summed E-state index contributed by atoms with van der Waals surface area (Å²) in [6.07, 6.45) is 16.8. The van der Waals surface area contributed by atoms with Gasteiger partial charge in [0.15, 0.2) is 0 Å². The van der Waals surface area contributed by atoms with Crippen LogP contribution in [0.2, 0.25) is 0 Å². The normalized spacial score (nSPS) is 11.9. The monoisotopic (exact) mass is 359 g/mol. The van der Waals surface area contributed by atoms with Gasteiger partial charge in [0.05, 0.1) is 6.61 Å². The Labute approximate surface area is 160 Å². The van der Waals surface area contributed by atoms with Gasteiger partial charge >= 0.3 is 5.97 Å². The molecule has 1 atom stereocenters. The predicted octanol–water partition coefficient (Wildman–Crippen LogP) is 6.06. The van der Waals surface area contributed by atoms with Crippen LogP contribution in [0.25, 0.3) is 0 Å². The van der Waals surface area contributed by atoms with Gasteiger partial charge in [-0.1, -0.05) is 77.9 Å². The third-order valence-corrected chi connectivity index (χ3v) is 4.93. The van der Waals surface area contributed by atoms with E-state index < -0.39 is 0 Å². The molecule has 0 spiro atoms. The van der Waals surface area contributed by atoms with Gasteiger partial charge < -0.3 is 4.74 Å². The number of hydrogen-bond acceptors (Lipinski definition) is 3. The molecule has 1 rings (SSSR count). The lowest BCUT2D eigenvalue weighted by molar-refractivity contribution is -0.137. The number of rotatable bonds is 15. The molecule has 0 saturated heterocycles. The van der Waals surface area contributed by atoms with E-state index in [4.69, 9.17) is 4.74 Å². The van der Waals surface area contributed by atoms with Crippen LogP contribution in [0.4, 0.5) is 0 Å². The van der Waals surface area contributed by atoms with Crippen LogP contribution in [0.5, 0.6) is 0 Å². The van der Waals surface area contributed by atoms with Crippen molar-refractivity contribution in [2.24, 2.45) is 5.92 Å². The Morgan fingerprint density at radius 1 is 1.15 bits per heavy atom. The zero-order valence-corrected chi connectivity index (χ0v) is 16.8. The highest BCUT2D eigenvalue weighted by molar-refractivity contribution is 5.81. The van der Waals surface area contributed by atoms with Crippen LogP contribution in [-0.2, 0) is 22.4 Å². The van der Waals surface area contributed by atoms with Crippen molar-refractivity contribution in [2.75, 3.05) is 6.61 Å². The minimum atomic E-state index is -0.362. The van der Waals surface area contributed by atoms with E-state index in [1.54, 1.807) is 0 Å². The molecule has 3 nitrogen and oxygen atoms in total. The first-order chi connectivity index (χ1) is 12.7. The smallest absolute Gasteiger partial charge is 0.330 e. The molecule has 0 bridgehead atoms. The van der Waals surface area contributed by atoms with Crippen molar-refractivity contribution < 1.29 is 9.53 Å². The van der Waals surface area contributed by atoms with E-state index in [0.29, 0.717) is 6.61 Å². The quantitative estimate of drug-likeness (QED) is 0.217. The summed E-state index contributed by atoms with van der Waals surface area (Å²) in [7, 11) is 0. The number of hydrogen-bond donors (Lipinski definition) is 0. The lowest BCUT2D eigenvalue weighted by atomic mass is 9.95. The number of aromatic nitrogens is 1. The summed E-state index contributed by atoms with van der Waals surface area (Å²) in [5.41, 5.74) is 2.34. The Morgan fingerprint density at radius 3 is 2.65 bits per heavy atom. The van der Waals surface area contributed by atoms with Crippen molar-refractivity contribution in [1.82, 2.24) is 4.98 Å². The summed E-state index contributed by atoms with van der Waals surface area (Å²) in [6, 6.07) is 4.04. The second kappa shape index (κ2) is 14.5. The van der Waals surface area contributed by atoms with Gasteiger partial charge in [0.2, 0.25) is 0 Å². The van der Waals surface area contributed by atoms with E-state index in [9.17, 15) is 4.79 Å². The van der Waals surface area contributed by atoms with Gasteiger partial charge in [-0.05, 0) is 30.4 Å². The molecule has 146 valence electrons. The standard InChI is InChI=1S/C23H37NO2/c1-4-6-7-8-9-10-13-20(3)14-11-16-22-21(15-12-18-24-22)17-19-26-23(25)5-2/h5,12,15,18,20H,2,4,6-11,13-14,16-17,19H2,1,3H3. The predicted molar refractivity (Wildman–Crippen MR) is 109 cm³/mol. The number of unbranched alkanes of at least 4 members (excludes halogenated alkanes) is 5. The summed E-state index contributed by atoms with van der Waals surface area (Å²) < 4.78 is 5.09. The number of ether oxygens (including phenoxy) is 1. The van der Waals surface area contributed by atoms with Crippen LogP contribution in [0.3, 0.4) is 0 Å². The van der Waals surface area contributed by atoms with Gasteiger partial charge in [0.25, 0.3) is 0 Å². The lowest BCUT2D eigenvalue weighted by Gasteiger charge is -2.12. The van der Waals surface area contributed by atoms with Crippen LogP contribution >= 0.6 is 0 Å². The van der Waals surface area contributed by atoms with E-state index in [2.05, 4.69) is 31.5 Å². The molecule has 1 unspecified atom stereocenters. The van der Waals surface area contributed by atoms with E-state index in [1.165, 1.54) is 69.4 Å². The third-order valence-electron chi connectivity index (χ3n) is 4.93. The Hall–Kier alpha value is -1.64. The molecule has 1 heterocycles. The molecule has 0 aliphatic carbocycles. The van der Waals surface area contributed by atoms with Crippen LogP contribution in [0.15, 0.2) is 31.0 Å². The summed E-state index contributed by atoms with van der Waals surface area (Å²) in [6.45, 7) is 8.44. The third kappa shape index (κ3) is 10.4. The summed E-state index contributed by atoms with van der Waals surface area (Å²) in [5, 5.41) is 0. The van der Waals surface area contributed by atoms with Crippen LogP contribution < -0.4 is 0 Å². The molecule has 0 radical (unpaired) electrons. The molecule has 0 aliphatic heterocycles. The molecule has 0 N–H and O–H groups in total. The molecule has 1 aromatic rings. The summed E-state index contributed by atoms with van der Waals surface area (Å²) in [5.74, 6) is 0.431. The van der Waals surface area contributed by atoms with Gasteiger partial charge in [-0.2, -0.15) is 0 Å². The maximum absolute atomic E-state index is 11.1. The van der Waals surface area contributed by atoms with Crippen LogP contribution in [0.1, 0.15) is 82.9 Å². The topological polar surface area (TPSA) is 39.2 Å². The van der Waals surface area contributed by atoms with Crippen LogP contribution in [0, 0.1) is 5.92 Å². The molecule has 0 amide bonds. The second-order valence-electron chi connectivity index (χ2n) is 7.28. The van der Waals surface area contributed by atoms with Crippen LogP contribution in [-0.4, -0.2) is 17.6 Å². The average Bonchev–Trinajstić information content (AvgIpc) is 2.65. The van der Waals surface area contributed by atoms with Crippen molar-refractivity contribution in [2.45, 2.75) is 84.5 Å². The Kier molecular flexibility index (Phi) is 12.5. The number of nitrogens with zero attached hydrogens (tertiary/aromatic N) is 1. The Morgan fingerprint density at radius 2 is 1.88 bits per heavy atom. The van der Waals surface area contributed by atoms with Crippen molar-refractivity contribution in [3.05, 3.63) is 42.2 Å². The number of pyridine rings is 1. The number of carbonyl (C=O) groups is 1. The summed E-state index contributed by atoms with van der Waals surface area (Å²) in [4.78, 5) is 15.7. The van der Waals surface area contributed by atoms with Gasteiger partial charge in [0, 0.05) is 24.4 Å². The Balaban J connectivity index is 2.23. The SMILES string of the molecule is C=CC(=O)OCCc1cccnc1CCCC(C)CCCCCCCC. The zero-order valence-electron chi connectivity index (χ0n) is 16.8. The van der Waals surface area contributed by atoms with E-state index in [1.807, 2.05) is 12.3 Å². The highest BCUT2D eigenvalue weighted by atomic mass is 16.5. The second-order valence-corrected chi connectivity index (χ2v) is 7.28. The fraction of sp³-hybridized carbons (Fsp3) is 0.652. The molecule has 0 saturated carbocycles. The molecular weight excluding hydrogens is 322 g/mol. The fourth-order valence-corrected chi connectivity index (χ4v) is 3.28. The highest BCUT2D eigenvalue weighted by Crippen LogP contribution is 2.18. The number of aryl methyl sites for hydroxylation is 1. The van der Waals surface area contributed by atoms with Crippen molar-refractivity contribution in [3.8, 4) is 0 Å². The number of esters is 1. The molecule has 0 aromatic carbocycles. The van der Waals surface area contributed by atoms with Gasteiger partial charge in [-0.25, -0.2) is 4.79 Å². The lowest BCUT2D eigenvalue weighted by Crippen LogP contribution is -2.07. The maximum Gasteiger partial charge on any atom is 0.330 e. The van der Waals surface area contributed by atoms with E-state index in [-0.39, 0.29) is 5.97 Å². The molecule has 26 heavy (non-hydrogen) atoms. The van der Waals surface area contributed by atoms with Crippen molar-refractivity contribution >= 4 is 5.97 Å². The highest BCUT2D eigenvalue weighted by Gasteiger charge is 2.07. The zero-order chi connectivity index (χ0) is 19.0. The maximum atomic E-state index is 11.1. The average molecular weight is 360 g/mol. The minimum Gasteiger partial charge on any atom is -0.462 e. The molecule has 3 heteroatoms. The number of carbonyl (C=O) groups excluding carboxylic acids is 1. The Bertz CT molecular complexity index is 513. The first-order valence-electron chi connectivity index (χ1n) is 10.4.